The van der Waals surface area contributed by atoms with Crippen LogP contribution in [0.5, 0.6) is 0 Å². The van der Waals surface area contributed by atoms with Gasteiger partial charge in [-0.3, -0.25) is 4.79 Å². The third-order valence-electron chi connectivity index (χ3n) is 4.91. The molecule has 0 aromatic carbocycles. The highest BCUT2D eigenvalue weighted by molar-refractivity contribution is 5.70. The number of hydrogen-bond donors (Lipinski definition) is 2. The highest BCUT2D eigenvalue weighted by Gasteiger charge is 2.26. The van der Waals surface area contributed by atoms with Crippen molar-refractivity contribution in [2.24, 2.45) is 5.92 Å². The minimum Gasteiger partial charge on any atom is -0.481 e. The quantitative estimate of drug-likeness (QED) is 0.801. The molecule has 2 fully saturated rings. The van der Waals surface area contributed by atoms with Crippen molar-refractivity contribution in [3.63, 3.8) is 0 Å². The Balaban J connectivity index is 1.60. The maximum absolute atomic E-state index is 10.9. The van der Waals surface area contributed by atoms with E-state index in [4.69, 9.17) is 5.11 Å². The number of nitrogens with one attached hydrogen (secondary N) is 1. The second kappa shape index (κ2) is 7.25. The maximum Gasteiger partial charge on any atom is 0.306 e. The summed E-state index contributed by atoms with van der Waals surface area (Å²) in [6.07, 6.45) is 9.03. The molecule has 2 rings (SSSR count). The number of aliphatic carboxylic acids is 1. The first-order valence-corrected chi connectivity index (χ1v) is 7.83. The average molecular weight is 268 g/mol. The van der Waals surface area contributed by atoms with Crippen LogP contribution in [0.25, 0.3) is 0 Å². The highest BCUT2D eigenvalue weighted by atomic mass is 16.4. The summed E-state index contributed by atoms with van der Waals surface area (Å²) in [5.74, 6) is -0.704. The predicted octanol–water partition coefficient (Wildman–Crippen LogP) is 2.09. The number of carbonyl (C=O) groups is 1. The molecule has 1 saturated carbocycles. The van der Waals surface area contributed by atoms with Gasteiger partial charge in [-0.25, -0.2) is 0 Å². The Morgan fingerprint density at radius 1 is 1.21 bits per heavy atom. The van der Waals surface area contributed by atoms with Crippen molar-refractivity contribution in [3.05, 3.63) is 0 Å². The zero-order valence-electron chi connectivity index (χ0n) is 12.1. The molecule has 0 amide bonds. The van der Waals surface area contributed by atoms with Gasteiger partial charge in [-0.15, -0.1) is 0 Å². The Morgan fingerprint density at radius 2 is 1.95 bits per heavy atom. The number of rotatable bonds is 5. The lowest BCUT2D eigenvalue weighted by Gasteiger charge is -2.33. The molecule has 1 heterocycles. The minimum atomic E-state index is -0.609. The molecule has 0 spiro atoms. The Hall–Kier alpha value is -0.610. The SMILES string of the molecule is CN1CCCCC1CCNC1CCC(C(=O)O)CC1. The van der Waals surface area contributed by atoms with Crippen LogP contribution in [0.1, 0.15) is 51.4 Å². The lowest BCUT2D eigenvalue weighted by molar-refractivity contribution is -0.142. The molecule has 1 atom stereocenters. The first kappa shape index (κ1) is 14.8. The van der Waals surface area contributed by atoms with E-state index in [0.29, 0.717) is 6.04 Å². The van der Waals surface area contributed by atoms with E-state index < -0.39 is 5.97 Å². The fourth-order valence-corrected chi connectivity index (χ4v) is 3.51. The number of carboxylic acid groups (broad SMARTS) is 1. The van der Waals surface area contributed by atoms with Crippen molar-refractivity contribution in [2.75, 3.05) is 20.1 Å². The molecule has 2 aliphatic rings. The van der Waals surface area contributed by atoms with E-state index in [0.717, 1.165) is 38.3 Å². The standard InChI is InChI=1S/C15H28N2O2/c1-17-11-3-2-4-14(17)9-10-16-13-7-5-12(6-8-13)15(18)19/h12-14,16H,2-11H2,1H3,(H,18,19). The molecule has 4 heteroatoms. The number of hydrogen-bond acceptors (Lipinski definition) is 3. The van der Waals surface area contributed by atoms with Crippen LogP contribution in [0.15, 0.2) is 0 Å². The van der Waals surface area contributed by atoms with Gasteiger partial charge in [0.25, 0.3) is 0 Å². The molecular weight excluding hydrogens is 240 g/mol. The van der Waals surface area contributed by atoms with E-state index in [1.807, 2.05) is 0 Å². The summed E-state index contributed by atoms with van der Waals surface area (Å²) < 4.78 is 0. The van der Waals surface area contributed by atoms with Crippen molar-refractivity contribution in [1.82, 2.24) is 10.2 Å². The van der Waals surface area contributed by atoms with Crippen molar-refractivity contribution in [1.29, 1.82) is 0 Å². The van der Waals surface area contributed by atoms with Crippen LogP contribution in [-0.4, -0.2) is 48.2 Å². The first-order valence-electron chi connectivity index (χ1n) is 7.83. The fraction of sp³-hybridized carbons (Fsp3) is 0.933. The third kappa shape index (κ3) is 4.46. The zero-order chi connectivity index (χ0) is 13.7. The first-order chi connectivity index (χ1) is 9.16. The van der Waals surface area contributed by atoms with Crippen LogP contribution in [0.3, 0.4) is 0 Å². The van der Waals surface area contributed by atoms with Crippen molar-refractivity contribution >= 4 is 5.97 Å². The Bertz CT molecular complexity index is 288. The average Bonchev–Trinajstić information content (AvgIpc) is 2.41. The molecular formula is C15H28N2O2. The summed E-state index contributed by atoms with van der Waals surface area (Å²) in [5.41, 5.74) is 0. The van der Waals surface area contributed by atoms with Gasteiger partial charge in [0.1, 0.15) is 0 Å². The number of likely N-dealkylation sites (tertiary alicyclic amines) is 1. The summed E-state index contributed by atoms with van der Waals surface area (Å²) in [6.45, 7) is 2.33. The van der Waals surface area contributed by atoms with Gasteiger partial charge in [0, 0.05) is 12.1 Å². The molecule has 1 aliphatic heterocycles. The predicted molar refractivity (Wildman–Crippen MR) is 76.3 cm³/mol. The summed E-state index contributed by atoms with van der Waals surface area (Å²) in [5, 5.41) is 12.6. The molecule has 110 valence electrons. The number of nitrogens with zero attached hydrogens (tertiary/aromatic N) is 1. The summed E-state index contributed by atoms with van der Waals surface area (Å²) >= 11 is 0. The van der Waals surface area contributed by atoms with E-state index in [1.165, 1.54) is 32.2 Å². The lowest BCUT2D eigenvalue weighted by atomic mass is 9.86. The molecule has 4 nitrogen and oxygen atoms in total. The second-order valence-electron chi connectivity index (χ2n) is 6.26. The Kier molecular flexibility index (Phi) is 5.64. The Morgan fingerprint density at radius 3 is 2.58 bits per heavy atom. The summed E-state index contributed by atoms with van der Waals surface area (Å²) in [6, 6.07) is 1.29. The van der Waals surface area contributed by atoms with Crippen LogP contribution in [0, 0.1) is 5.92 Å². The van der Waals surface area contributed by atoms with Gasteiger partial charge in [0.15, 0.2) is 0 Å². The molecule has 0 aromatic heterocycles. The fourth-order valence-electron chi connectivity index (χ4n) is 3.51. The molecule has 1 aliphatic carbocycles. The smallest absolute Gasteiger partial charge is 0.306 e. The molecule has 1 unspecified atom stereocenters. The van der Waals surface area contributed by atoms with Crippen LogP contribution in [-0.2, 0) is 4.79 Å². The van der Waals surface area contributed by atoms with Crippen molar-refractivity contribution < 1.29 is 9.90 Å². The topological polar surface area (TPSA) is 52.6 Å². The van der Waals surface area contributed by atoms with Crippen molar-refractivity contribution in [2.45, 2.75) is 63.5 Å². The molecule has 0 bridgehead atoms. The van der Waals surface area contributed by atoms with E-state index in [2.05, 4.69) is 17.3 Å². The van der Waals surface area contributed by atoms with E-state index in [9.17, 15) is 4.79 Å². The molecule has 0 aromatic rings. The van der Waals surface area contributed by atoms with Gasteiger partial charge in [-0.1, -0.05) is 6.42 Å². The van der Waals surface area contributed by atoms with Crippen LogP contribution in [0.2, 0.25) is 0 Å². The Labute approximate surface area is 116 Å². The zero-order valence-corrected chi connectivity index (χ0v) is 12.1. The molecule has 0 radical (unpaired) electrons. The minimum absolute atomic E-state index is 0.0949. The molecule has 2 N–H and O–H groups in total. The van der Waals surface area contributed by atoms with Gasteiger partial charge in [0.05, 0.1) is 5.92 Å². The van der Waals surface area contributed by atoms with E-state index >= 15 is 0 Å². The van der Waals surface area contributed by atoms with Crippen LogP contribution in [0.4, 0.5) is 0 Å². The molecule has 19 heavy (non-hydrogen) atoms. The number of piperidine rings is 1. The monoisotopic (exact) mass is 268 g/mol. The summed E-state index contributed by atoms with van der Waals surface area (Å²) in [4.78, 5) is 13.4. The molecule has 1 saturated heterocycles. The normalized spacial score (nSPS) is 33.2. The highest BCUT2D eigenvalue weighted by Crippen LogP contribution is 2.24. The van der Waals surface area contributed by atoms with E-state index in [1.54, 1.807) is 0 Å². The van der Waals surface area contributed by atoms with Crippen LogP contribution < -0.4 is 5.32 Å². The van der Waals surface area contributed by atoms with Gasteiger partial charge in [-0.05, 0) is 65.1 Å². The van der Waals surface area contributed by atoms with Crippen molar-refractivity contribution in [3.8, 4) is 0 Å². The number of carboxylic acids is 1. The van der Waals surface area contributed by atoms with E-state index in [-0.39, 0.29) is 5.92 Å². The van der Waals surface area contributed by atoms with Crippen LogP contribution >= 0.6 is 0 Å². The lowest BCUT2D eigenvalue weighted by Crippen LogP contribution is -2.41. The third-order valence-corrected chi connectivity index (χ3v) is 4.91. The van der Waals surface area contributed by atoms with Gasteiger partial charge < -0.3 is 15.3 Å². The maximum atomic E-state index is 10.9. The largest absolute Gasteiger partial charge is 0.481 e. The second-order valence-corrected chi connectivity index (χ2v) is 6.26. The van der Waals surface area contributed by atoms with Gasteiger partial charge >= 0.3 is 5.97 Å². The van der Waals surface area contributed by atoms with Gasteiger partial charge in [0.2, 0.25) is 0 Å². The summed E-state index contributed by atoms with van der Waals surface area (Å²) in [7, 11) is 2.24. The van der Waals surface area contributed by atoms with Gasteiger partial charge in [-0.2, -0.15) is 0 Å².